The number of hydrogen-bond donors (Lipinski definition) is 2. The number of rotatable bonds is 3. The van der Waals surface area contributed by atoms with Crippen molar-refractivity contribution in [3.05, 3.63) is 29.3 Å². The van der Waals surface area contributed by atoms with Crippen LogP contribution in [0.2, 0.25) is 0 Å². The second kappa shape index (κ2) is 4.63. The number of nitrogens with one attached hydrogen (secondary N) is 1. The van der Waals surface area contributed by atoms with E-state index < -0.39 is 0 Å². The average Bonchev–Trinajstić information content (AvgIpc) is 2.28. The van der Waals surface area contributed by atoms with Gasteiger partial charge in [0.1, 0.15) is 0 Å². The summed E-state index contributed by atoms with van der Waals surface area (Å²) in [5.74, 6) is 0.0847. The first kappa shape index (κ1) is 11.1. The molecule has 4 heteroatoms. The Balaban J connectivity index is 2.22. The number of nitrogens with two attached hydrogens (primary N) is 1. The van der Waals surface area contributed by atoms with E-state index in [1.165, 1.54) is 0 Å². The van der Waals surface area contributed by atoms with Crippen LogP contribution in [-0.4, -0.2) is 19.6 Å². The SMILES string of the molecule is COCC(N)c1ccc2c(c1)CCC(=O)N2. The minimum Gasteiger partial charge on any atom is -0.383 e. The Kier molecular flexibility index (Phi) is 3.22. The minimum absolute atomic E-state index is 0.0847. The molecule has 4 nitrogen and oxygen atoms in total. The molecule has 1 atom stereocenters. The number of fused-ring (bicyclic) bond motifs is 1. The monoisotopic (exact) mass is 220 g/mol. The fourth-order valence-electron chi connectivity index (χ4n) is 1.91. The lowest BCUT2D eigenvalue weighted by atomic mass is 9.98. The molecule has 0 fully saturated rings. The van der Waals surface area contributed by atoms with Crippen LogP contribution in [0.5, 0.6) is 0 Å². The molecule has 0 aromatic heterocycles. The van der Waals surface area contributed by atoms with E-state index in [4.69, 9.17) is 10.5 Å². The van der Waals surface area contributed by atoms with Crippen LogP contribution in [0.3, 0.4) is 0 Å². The standard InChI is InChI=1S/C12H16N2O2/c1-16-7-10(13)8-2-4-11-9(6-8)3-5-12(15)14-11/h2,4,6,10H,3,5,7,13H2,1H3,(H,14,15). The zero-order chi connectivity index (χ0) is 11.5. The molecule has 1 amide bonds. The number of methoxy groups -OCH3 is 1. The van der Waals surface area contributed by atoms with Crippen molar-refractivity contribution in [3.63, 3.8) is 0 Å². The van der Waals surface area contributed by atoms with Gasteiger partial charge < -0.3 is 15.8 Å². The molecule has 1 aliphatic heterocycles. The molecule has 0 saturated heterocycles. The largest absolute Gasteiger partial charge is 0.383 e. The third-order valence-corrected chi connectivity index (χ3v) is 2.80. The van der Waals surface area contributed by atoms with Crippen molar-refractivity contribution in [1.82, 2.24) is 0 Å². The Morgan fingerprint density at radius 3 is 3.06 bits per heavy atom. The van der Waals surface area contributed by atoms with E-state index in [9.17, 15) is 4.79 Å². The lowest BCUT2D eigenvalue weighted by molar-refractivity contribution is -0.116. The number of carbonyl (C=O) groups excluding carboxylic acids is 1. The molecule has 0 aliphatic carbocycles. The molecule has 1 heterocycles. The van der Waals surface area contributed by atoms with Crippen LogP contribution < -0.4 is 11.1 Å². The number of hydrogen-bond acceptors (Lipinski definition) is 3. The summed E-state index contributed by atoms with van der Waals surface area (Å²) in [6, 6.07) is 5.80. The highest BCUT2D eigenvalue weighted by Crippen LogP contribution is 2.25. The van der Waals surface area contributed by atoms with Crippen LogP contribution in [0.25, 0.3) is 0 Å². The van der Waals surface area contributed by atoms with Gasteiger partial charge in [0.15, 0.2) is 0 Å². The average molecular weight is 220 g/mol. The Hall–Kier alpha value is -1.39. The molecule has 0 saturated carbocycles. The van der Waals surface area contributed by atoms with E-state index in [1.807, 2.05) is 12.1 Å². The predicted octanol–water partition coefficient (Wildman–Crippen LogP) is 1.22. The summed E-state index contributed by atoms with van der Waals surface area (Å²) in [6.45, 7) is 0.505. The van der Waals surface area contributed by atoms with Gasteiger partial charge in [-0.15, -0.1) is 0 Å². The minimum atomic E-state index is -0.104. The lowest BCUT2D eigenvalue weighted by Gasteiger charge is -2.19. The highest BCUT2D eigenvalue weighted by Gasteiger charge is 2.16. The number of ether oxygens (including phenoxy) is 1. The van der Waals surface area contributed by atoms with Crippen LogP contribution in [0, 0.1) is 0 Å². The maximum absolute atomic E-state index is 11.2. The van der Waals surface area contributed by atoms with E-state index in [2.05, 4.69) is 11.4 Å². The van der Waals surface area contributed by atoms with Gasteiger partial charge in [-0.2, -0.15) is 0 Å². The van der Waals surface area contributed by atoms with Crippen LogP contribution in [0.4, 0.5) is 5.69 Å². The van der Waals surface area contributed by atoms with Crippen LogP contribution in [0.1, 0.15) is 23.6 Å². The summed E-state index contributed by atoms with van der Waals surface area (Å²) in [5.41, 5.74) is 9.07. The highest BCUT2D eigenvalue weighted by molar-refractivity contribution is 5.93. The molecule has 1 unspecified atom stereocenters. The second-order valence-corrected chi connectivity index (χ2v) is 4.03. The first-order valence-corrected chi connectivity index (χ1v) is 5.38. The normalized spacial score (nSPS) is 16.5. The van der Waals surface area contributed by atoms with E-state index in [1.54, 1.807) is 7.11 Å². The first-order valence-electron chi connectivity index (χ1n) is 5.38. The molecule has 3 N–H and O–H groups in total. The lowest BCUT2D eigenvalue weighted by Crippen LogP contribution is -2.21. The second-order valence-electron chi connectivity index (χ2n) is 4.03. The number of anilines is 1. The van der Waals surface area contributed by atoms with Crippen molar-refractivity contribution in [1.29, 1.82) is 0 Å². The Labute approximate surface area is 94.8 Å². The summed E-state index contributed by atoms with van der Waals surface area (Å²) in [4.78, 5) is 11.2. The summed E-state index contributed by atoms with van der Waals surface area (Å²) < 4.78 is 5.02. The van der Waals surface area contributed by atoms with Gasteiger partial charge in [-0.3, -0.25) is 4.79 Å². The van der Waals surface area contributed by atoms with Crippen molar-refractivity contribution >= 4 is 11.6 Å². The molecular weight excluding hydrogens is 204 g/mol. The molecule has 0 radical (unpaired) electrons. The molecular formula is C12H16N2O2. The summed E-state index contributed by atoms with van der Waals surface area (Å²) >= 11 is 0. The Bertz CT molecular complexity index is 404. The van der Waals surface area contributed by atoms with Crippen molar-refractivity contribution < 1.29 is 9.53 Å². The smallest absolute Gasteiger partial charge is 0.224 e. The first-order chi connectivity index (χ1) is 7.70. The van der Waals surface area contributed by atoms with E-state index in [0.29, 0.717) is 13.0 Å². The number of carbonyl (C=O) groups is 1. The Morgan fingerprint density at radius 1 is 1.50 bits per heavy atom. The van der Waals surface area contributed by atoms with Crippen molar-refractivity contribution in [3.8, 4) is 0 Å². The van der Waals surface area contributed by atoms with Gasteiger partial charge in [0, 0.05) is 19.2 Å². The van der Waals surface area contributed by atoms with E-state index in [0.717, 1.165) is 23.2 Å². The number of benzene rings is 1. The van der Waals surface area contributed by atoms with Gasteiger partial charge >= 0.3 is 0 Å². The molecule has 1 aromatic rings. The molecule has 86 valence electrons. The van der Waals surface area contributed by atoms with Crippen LogP contribution >= 0.6 is 0 Å². The third kappa shape index (κ3) is 2.23. The van der Waals surface area contributed by atoms with Crippen molar-refractivity contribution in [2.45, 2.75) is 18.9 Å². The van der Waals surface area contributed by atoms with Gasteiger partial charge in [-0.1, -0.05) is 12.1 Å². The van der Waals surface area contributed by atoms with Gasteiger partial charge in [0.25, 0.3) is 0 Å². The van der Waals surface area contributed by atoms with Gasteiger partial charge in [0.05, 0.1) is 12.6 Å². The van der Waals surface area contributed by atoms with Crippen molar-refractivity contribution in [2.24, 2.45) is 5.73 Å². The topological polar surface area (TPSA) is 64.3 Å². The Morgan fingerprint density at radius 2 is 2.31 bits per heavy atom. The van der Waals surface area contributed by atoms with Gasteiger partial charge in [0.2, 0.25) is 5.91 Å². The zero-order valence-electron chi connectivity index (χ0n) is 9.32. The number of amides is 1. The maximum atomic E-state index is 11.2. The zero-order valence-corrected chi connectivity index (χ0v) is 9.32. The summed E-state index contributed by atoms with van der Waals surface area (Å²) in [7, 11) is 1.64. The molecule has 0 spiro atoms. The fourth-order valence-corrected chi connectivity index (χ4v) is 1.91. The third-order valence-electron chi connectivity index (χ3n) is 2.80. The molecule has 1 aromatic carbocycles. The van der Waals surface area contributed by atoms with E-state index >= 15 is 0 Å². The summed E-state index contributed by atoms with van der Waals surface area (Å²) in [5, 5.41) is 2.85. The highest BCUT2D eigenvalue weighted by atomic mass is 16.5. The fraction of sp³-hybridized carbons (Fsp3) is 0.417. The predicted molar refractivity (Wildman–Crippen MR) is 62.2 cm³/mol. The van der Waals surface area contributed by atoms with Crippen LogP contribution in [-0.2, 0) is 16.0 Å². The quantitative estimate of drug-likeness (QED) is 0.805. The maximum Gasteiger partial charge on any atom is 0.224 e. The molecule has 1 aliphatic rings. The van der Waals surface area contributed by atoms with Crippen molar-refractivity contribution in [2.75, 3.05) is 19.0 Å². The molecule has 16 heavy (non-hydrogen) atoms. The van der Waals surface area contributed by atoms with E-state index in [-0.39, 0.29) is 11.9 Å². The number of aryl methyl sites for hydroxylation is 1. The molecule has 0 bridgehead atoms. The van der Waals surface area contributed by atoms with Gasteiger partial charge in [-0.05, 0) is 23.6 Å². The van der Waals surface area contributed by atoms with Gasteiger partial charge in [-0.25, -0.2) is 0 Å². The molecule has 2 rings (SSSR count). The van der Waals surface area contributed by atoms with Crippen LogP contribution in [0.15, 0.2) is 18.2 Å². The summed E-state index contributed by atoms with van der Waals surface area (Å²) in [6.07, 6.45) is 1.34.